The molecule has 2 unspecified atom stereocenters. The molecule has 2 aromatic carbocycles. The van der Waals surface area contributed by atoms with Crippen molar-refractivity contribution >= 4 is 28.5 Å². The number of hydrogen-bond acceptors (Lipinski definition) is 5. The van der Waals surface area contributed by atoms with E-state index in [1.165, 1.54) is 30.5 Å². The Labute approximate surface area is 225 Å². The average molecular weight is 548 g/mol. The maximum Gasteiger partial charge on any atom is 0.343 e. The molecule has 204 valence electrons. The summed E-state index contributed by atoms with van der Waals surface area (Å²) in [5.74, 6) is -2.01. The van der Waals surface area contributed by atoms with Crippen LogP contribution in [0.3, 0.4) is 0 Å². The summed E-state index contributed by atoms with van der Waals surface area (Å²) in [4.78, 5) is 26.2. The Morgan fingerprint density at radius 2 is 2.00 bits per heavy atom. The lowest BCUT2D eigenvalue weighted by Crippen LogP contribution is -2.30. The highest BCUT2D eigenvalue weighted by Crippen LogP contribution is 2.29. The van der Waals surface area contributed by atoms with Crippen molar-refractivity contribution in [1.29, 1.82) is 0 Å². The third-order valence-corrected chi connectivity index (χ3v) is 7.12. The molecule has 1 aliphatic rings. The number of benzene rings is 2. The molecule has 0 aliphatic carbocycles. The molecule has 0 spiro atoms. The molecule has 0 radical (unpaired) electrons. The van der Waals surface area contributed by atoms with E-state index in [9.17, 15) is 14.0 Å². The van der Waals surface area contributed by atoms with Crippen molar-refractivity contribution in [2.24, 2.45) is 5.92 Å². The zero-order chi connectivity index (χ0) is 27.4. The topological polar surface area (TPSA) is 66.8 Å². The fourth-order valence-corrected chi connectivity index (χ4v) is 4.91. The van der Waals surface area contributed by atoms with Gasteiger partial charge < -0.3 is 18.8 Å². The van der Waals surface area contributed by atoms with Gasteiger partial charge in [-0.05, 0) is 61.4 Å². The molecule has 1 saturated heterocycles. The lowest BCUT2D eigenvalue weighted by Gasteiger charge is -2.30. The summed E-state index contributed by atoms with van der Waals surface area (Å²) in [5.41, 5.74) is -0.135. The average Bonchev–Trinajstić information content (AvgIpc) is 2.89. The molecule has 3 aromatic rings. The molecule has 1 fully saturated rings. The smallest absolute Gasteiger partial charge is 0.343 e. The summed E-state index contributed by atoms with van der Waals surface area (Å²) in [6.45, 7) is 6.58. The van der Waals surface area contributed by atoms with Gasteiger partial charge in [-0.2, -0.15) is 0 Å². The van der Waals surface area contributed by atoms with E-state index in [1.807, 2.05) is 13.8 Å². The van der Waals surface area contributed by atoms with Gasteiger partial charge in [0.2, 0.25) is 5.43 Å². The third kappa shape index (κ3) is 6.08. The van der Waals surface area contributed by atoms with Gasteiger partial charge in [0.25, 0.3) is 0 Å². The number of rotatable bonds is 9. The molecule has 4 rings (SSSR count). The van der Waals surface area contributed by atoms with E-state index in [-0.39, 0.29) is 65.0 Å². The van der Waals surface area contributed by atoms with Crippen molar-refractivity contribution in [2.75, 3.05) is 19.8 Å². The van der Waals surface area contributed by atoms with Crippen LogP contribution in [-0.4, -0.2) is 36.6 Å². The fraction of sp³-hybridized carbons (Fsp3) is 0.448. The van der Waals surface area contributed by atoms with Crippen LogP contribution in [0.2, 0.25) is 5.02 Å². The Hall–Kier alpha value is -2.81. The van der Waals surface area contributed by atoms with Crippen molar-refractivity contribution < 1.29 is 27.8 Å². The molecule has 38 heavy (non-hydrogen) atoms. The Morgan fingerprint density at radius 3 is 2.68 bits per heavy atom. The lowest BCUT2D eigenvalue weighted by molar-refractivity contribution is -0.169. The van der Waals surface area contributed by atoms with Crippen LogP contribution in [-0.2, 0) is 20.6 Å². The summed E-state index contributed by atoms with van der Waals surface area (Å²) in [6.07, 6.45) is 3.74. The minimum Gasteiger partial charge on any atom is -0.462 e. The molecular formula is C29H32ClF2NO5. The van der Waals surface area contributed by atoms with E-state index in [0.717, 1.165) is 19.3 Å². The number of pyridine rings is 1. The first-order chi connectivity index (χ1) is 18.2. The SMILES string of the molecule is CCOC(=O)c1cn(C(COC2CCCCO2)C(C)C)c2cc(F)c(Cc3cccc(Cl)c3F)cc2c1=O. The minimum absolute atomic E-state index is 0.00244. The number of nitrogens with zero attached hydrogens (tertiary/aromatic N) is 1. The van der Waals surface area contributed by atoms with E-state index >= 15 is 4.39 Å². The first kappa shape index (κ1) is 28.2. The molecule has 2 heterocycles. The number of halogens is 3. The van der Waals surface area contributed by atoms with Crippen LogP contribution < -0.4 is 5.43 Å². The lowest BCUT2D eigenvalue weighted by atomic mass is 9.99. The second-order valence-electron chi connectivity index (χ2n) is 9.79. The molecule has 0 N–H and O–H groups in total. The van der Waals surface area contributed by atoms with E-state index in [1.54, 1.807) is 17.6 Å². The van der Waals surface area contributed by atoms with Crippen molar-refractivity contribution in [3.05, 3.63) is 80.1 Å². The molecular weight excluding hydrogens is 516 g/mol. The van der Waals surface area contributed by atoms with Gasteiger partial charge >= 0.3 is 5.97 Å². The second kappa shape index (κ2) is 12.4. The monoisotopic (exact) mass is 547 g/mol. The van der Waals surface area contributed by atoms with Crippen LogP contribution >= 0.6 is 11.6 Å². The van der Waals surface area contributed by atoms with Crippen molar-refractivity contribution in [3.63, 3.8) is 0 Å². The zero-order valence-corrected chi connectivity index (χ0v) is 22.5. The molecule has 9 heteroatoms. The first-order valence-electron chi connectivity index (χ1n) is 12.9. The number of hydrogen-bond donors (Lipinski definition) is 0. The number of carbonyl (C=O) groups excluding carboxylic acids is 1. The maximum absolute atomic E-state index is 15.5. The van der Waals surface area contributed by atoms with Gasteiger partial charge in [0, 0.05) is 24.6 Å². The molecule has 0 saturated carbocycles. The standard InChI is InChI=1S/C29H32ClF2NO5/c1-4-36-29(35)21-15-33(25(17(2)3)16-38-26-10-5-6-11-37-26)24-14-23(31)19(13-20(24)28(21)34)12-18-8-7-9-22(30)27(18)32/h7-9,13-15,17,25-26H,4-6,10-12,16H2,1-3H3. The predicted molar refractivity (Wildman–Crippen MR) is 142 cm³/mol. The quantitative estimate of drug-likeness (QED) is 0.288. The summed E-state index contributed by atoms with van der Waals surface area (Å²) in [6, 6.07) is 6.80. The van der Waals surface area contributed by atoms with Crippen LogP contribution in [0.1, 0.15) is 67.6 Å². The van der Waals surface area contributed by atoms with Crippen molar-refractivity contribution in [3.8, 4) is 0 Å². The van der Waals surface area contributed by atoms with Gasteiger partial charge in [0.1, 0.15) is 17.2 Å². The van der Waals surface area contributed by atoms with Gasteiger partial charge in [-0.25, -0.2) is 13.6 Å². The molecule has 1 aliphatic heterocycles. The second-order valence-corrected chi connectivity index (χ2v) is 10.2. The number of carbonyl (C=O) groups is 1. The van der Waals surface area contributed by atoms with Crippen LogP contribution in [0.25, 0.3) is 10.9 Å². The number of fused-ring (bicyclic) bond motifs is 1. The van der Waals surface area contributed by atoms with Gasteiger partial charge in [-0.3, -0.25) is 4.79 Å². The van der Waals surface area contributed by atoms with E-state index in [4.69, 9.17) is 25.8 Å². The fourth-order valence-electron chi connectivity index (χ4n) is 4.71. The highest BCUT2D eigenvalue weighted by atomic mass is 35.5. The van der Waals surface area contributed by atoms with Gasteiger partial charge in [-0.15, -0.1) is 0 Å². The van der Waals surface area contributed by atoms with E-state index in [0.29, 0.717) is 12.1 Å². The van der Waals surface area contributed by atoms with E-state index in [2.05, 4.69) is 0 Å². The Balaban J connectivity index is 1.83. The van der Waals surface area contributed by atoms with Crippen LogP contribution in [0.15, 0.2) is 41.3 Å². The molecule has 1 aromatic heterocycles. The number of aromatic nitrogens is 1. The molecule has 2 atom stereocenters. The van der Waals surface area contributed by atoms with Crippen LogP contribution in [0.5, 0.6) is 0 Å². The maximum atomic E-state index is 15.5. The summed E-state index contributed by atoms with van der Waals surface area (Å²) in [7, 11) is 0. The van der Waals surface area contributed by atoms with Gasteiger partial charge in [0.15, 0.2) is 6.29 Å². The Bertz CT molecular complexity index is 1370. The summed E-state index contributed by atoms with van der Waals surface area (Å²) >= 11 is 5.90. The minimum atomic E-state index is -0.765. The van der Waals surface area contributed by atoms with Crippen molar-refractivity contribution in [1.82, 2.24) is 4.57 Å². The van der Waals surface area contributed by atoms with E-state index < -0.39 is 23.0 Å². The summed E-state index contributed by atoms with van der Waals surface area (Å²) in [5, 5.41) is 0.0614. The summed E-state index contributed by atoms with van der Waals surface area (Å²) < 4.78 is 48.6. The number of ether oxygens (including phenoxy) is 3. The largest absolute Gasteiger partial charge is 0.462 e. The van der Waals surface area contributed by atoms with Crippen molar-refractivity contribution in [2.45, 2.75) is 58.8 Å². The first-order valence-corrected chi connectivity index (χ1v) is 13.3. The molecule has 0 bridgehead atoms. The Kier molecular flexibility index (Phi) is 9.18. The molecule has 0 amide bonds. The number of esters is 1. The van der Waals surface area contributed by atoms with Crippen LogP contribution in [0, 0.1) is 17.6 Å². The normalized spacial score (nSPS) is 16.7. The highest BCUT2D eigenvalue weighted by Gasteiger charge is 2.26. The third-order valence-electron chi connectivity index (χ3n) is 6.83. The van der Waals surface area contributed by atoms with Gasteiger partial charge in [0.05, 0.1) is 29.8 Å². The van der Waals surface area contributed by atoms with Crippen LogP contribution in [0.4, 0.5) is 8.78 Å². The van der Waals surface area contributed by atoms with Gasteiger partial charge in [-0.1, -0.05) is 37.6 Å². The molecule has 6 nitrogen and oxygen atoms in total. The highest BCUT2D eigenvalue weighted by molar-refractivity contribution is 6.30. The Morgan fingerprint density at radius 1 is 1.21 bits per heavy atom. The predicted octanol–water partition coefficient (Wildman–Crippen LogP) is 6.44. The zero-order valence-electron chi connectivity index (χ0n) is 21.8.